The lowest BCUT2D eigenvalue weighted by atomic mass is 10.2. The maximum Gasteiger partial charge on any atom is 0.244 e. The van der Waals surface area contributed by atoms with Crippen LogP contribution in [0.25, 0.3) is 0 Å². The molecule has 0 aliphatic heterocycles. The summed E-state index contributed by atoms with van der Waals surface area (Å²) in [7, 11) is 0. The number of hydrogen-bond donors (Lipinski definition) is 2. The molecular formula is C12H14N2O. The van der Waals surface area contributed by atoms with Crippen molar-refractivity contribution in [1.29, 1.82) is 0 Å². The highest BCUT2D eigenvalue weighted by atomic mass is 16.1. The third-order valence-corrected chi connectivity index (χ3v) is 1.85. The van der Waals surface area contributed by atoms with E-state index in [0.29, 0.717) is 5.57 Å². The van der Waals surface area contributed by atoms with Crippen molar-refractivity contribution >= 4 is 11.6 Å². The monoisotopic (exact) mass is 202 g/mol. The highest BCUT2D eigenvalue weighted by Gasteiger charge is 1.92. The van der Waals surface area contributed by atoms with E-state index in [-0.39, 0.29) is 0 Å². The Bertz CT molecular complexity index is 380. The van der Waals surface area contributed by atoms with Gasteiger partial charge < -0.3 is 11.1 Å². The molecule has 3 N–H and O–H groups in total. The van der Waals surface area contributed by atoms with Crippen LogP contribution in [0, 0.1) is 0 Å². The largest absolute Gasteiger partial charge is 0.366 e. The van der Waals surface area contributed by atoms with Gasteiger partial charge in [-0.25, -0.2) is 0 Å². The second kappa shape index (κ2) is 5.65. The fourth-order valence-electron chi connectivity index (χ4n) is 0.953. The van der Waals surface area contributed by atoms with Crippen LogP contribution in [0.2, 0.25) is 0 Å². The number of carbonyl (C=O) groups excluding carboxylic acids is 1. The molecule has 0 saturated carbocycles. The number of rotatable bonds is 4. The summed E-state index contributed by atoms with van der Waals surface area (Å²) in [6, 6.07) is 9.75. The summed E-state index contributed by atoms with van der Waals surface area (Å²) in [5.74, 6) is -0.403. The number of carbonyl (C=O) groups is 1. The SMILES string of the molecule is C/C(=C\C=C/Nc1ccccc1)C(N)=O. The van der Waals surface area contributed by atoms with Crippen molar-refractivity contribution in [1.82, 2.24) is 0 Å². The van der Waals surface area contributed by atoms with E-state index in [0.717, 1.165) is 5.69 Å². The first-order valence-corrected chi connectivity index (χ1v) is 4.65. The van der Waals surface area contributed by atoms with Gasteiger partial charge in [0, 0.05) is 17.5 Å². The molecule has 0 fully saturated rings. The van der Waals surface area contributed by atoms with Crippen molar-refractivity contribution in [3.8, 4) is 0 Å². The zero-order valence-electron chi connectivity index (χ0n) is 8.60. The van der Waals surface area contributed by atoms with Gasteiger partial charge in [-0.1, -0.05) is 24.3 Å². The van der Waals surface area contributed by atoms with Crippen LogP contribution in [0.5, 0.6) is 0 Å². The summed E-state index contributed by atoms with van der Waals surface area (Å²) < 4.78 is 0. The van der Waals surface area contributed by atoms with Gasteiger partial charge in [-0.05, 0) is 25.1 Å². The third-order valence-electron chi connectivity index (χ3n) is 1.85. The Kier molecular flexibility index (Phi) is 4.16. The molecule has 1 aromatic rings. The summed E-state index contributed by atoms with van der Waals surface area (Å²) >= 11 is 0. The van der Waals surface area contributed by atoms with Gasteiger partial charge in [-0.15, -0.1) is 0 Å². The standard InChI is InChI=1S/C12H14N2O/c1-10(12(13)15)6-5-9-14-11-7-3-2-4-8-11/h2-9,14H,1H3,(H2,13,15)/b9-5-,10-6+. The van der Waals surface area contributed by atoms with E-state index in [2.05, 4.69) is 5.32 Å². The first-order valence-electron chi connectivity index (χ1n) is 4.65. The molecule has 3 heteroatoms. The number of anilines is 1. The van der Waals surface area contributed by atoms with Gasteiger partial charge in [0.25, 0.3) is 0 Å². The number of primary amides is 1. The highest BCUT2D eigenvalue weighted by molar-refractivity contribution is 5.91. The van der Waals surface area contributed by atoms with Gasteiger partial charge >= 0.3 is 0 Å². The lowest BCUT2D eigenvalue weighted by molar-refractivity contribution is -0.114. The van der Waals surface area contributed by atoms with Gasteiger partial charge in [0.2, 0.25) is 5.91 Å². The topological polar surface area (TPSA) is 55.1 Å². The lowest BCUT2D eigenvalue weighted by Crippen LogP contribution is -2.11. The molecule has 0 unspecified atom stereocenters. The Morgan fingerprint density at radius 1 is 1.33 bits per heavy atom. The average molecular weight is 202 g/mol. The van der Waals surface area contributed by atoms with Crippen LogP contribution in [0.15, 0.2) is 54.3 Å². The Hall–Kier alpha value is -2.03. The van der Waals surface area contributed by atoms with E-state index < -0.39 is 5.91 Å². The second-order valence-electron chi connectivity index (χ2n) is 3.08. The number of hydrogen-bond acceptors (Lipinski definition) is 2. The molecule has 0 saturated heterocycles. The number of allylic oxidation sites excluding steroid dienone is 2. The Morgan fingerprint density at radius 3 is 2.60 bits per heavy atom. The summed E-state index contributed by atoms with van der Waals surface area (Å²) in [6.45, 7) is 1.68. The molecule has 3 nitrogen and oxygen atoms in total. The molecule has 1 amide bonds. The Balaban J connectivity index is 2.48. The maximum absolute atomic E-state index is 10.7. The maximum atomic E-state index is 10.7. The lowest BCUT2D eigenvalue weighted by Gasteiger charge is -1.97. The molecule has 0 aliphatic carbocycles. The second-order valence-corrected chi connectivity index (χ2v) is 3.08. The molecule has 1 aromatic carbocycles. The van der Waals surface area contributed by atoms with E-state index in [1.165, 1.54) is 0 Å². The summed E-state index contributed by atoms with van der Waals surface area (Å²) in [6.07, 6.45) is 5.16. The number of amides is 1. The van der Waals surface area contributed by atoms with Crippen LogP contribution >= 0.6 is 0 Å². The molecule has 15 heavy (non-hydrogen) atoms. The van der Waals surface area contributed by atoms with Crippen LogP contribution in [-0.4, -0.2) is 5.91 Å². The van der Waals surface area contributed by atoms with E-state index in [4.69, 9.17) is 5.73 Å². The van der Waals surface area contributed by atoms with Gasteiger partial charge in [-0.3, -0.25) is 4.79 Å². The fraction of sp³-hybridized carbons (Fsp3) is 0.0833. The van der Waals surface area contributed by atoms with Crippen LogP contribution in [0.1, 0.15) is 6.92 Å². The van der Waals surface area contributed by atoms with Crippen molar-refractivity contribution in [2.45, 2.75) is 6.92 Å². The minimum Gasteiger partial charge on any atom is -0.366 e. The predicted octanol–water partition coefficient (Wildman–Crippen LogP) is 2.04. The van der Waals surface area contributed by atoms with Crippen LogP contribution < -0.4 is 11.1 Å². The zero-order chi connectivity index (χ0) is 11.1. The van der Waals surface area contributed by atoms with Gasteiger partial charge in [-0.2, -0.15) is 0 Å². The molecule has 0 atom stereocenters. The van der Waals surface area contributed by atoms with Crippen LogP contribution in [0.3, 0.4) is 0 Å². The number of para-hydroxylation sites is 1. The average Bonchev–Trinajstić information content (AvgIpc) is 2.25. The Morgan fingerprint density at radius 2 is 2.00 bits per heavy atom. The van der Waals surface area contributed by atoms with E-state index in [1.54, 1.807) is 25.3 Å². The van der Waals surface area contributed by atoms with E-state index in [9.17, 15) is 4.79 Å². The van der Waals surface area contributed by atoms with Crippen LogP contribution in [0.4, 0.5) is 5.69 Å². The first-order chi connectivity index (χ1) is 7.20. The third kappa shape index (κ3) is 4.13. The van der Waals surface area contributed by atoms with Gasteiger partial charge in [0.15, 0.2) is 0 Å². The van der Waals surface area contributed by atoms with Crippen molar-refractivity contribution in [2.24, 2.45) is 5.73 Å². The molecule has 0 radical (unpaired) electrons. The van der Waals surface area contributed by atoms with Crippen molar-refractivity contribution < 1.29 is 4.79 Å². The number of nitrogens with one attached hydrogen (secondary N) is 1. The van der Waals surface area contributed by atoms with Gasteiger partial charge in [0.05, 0.1) is 0 Å². The first kappa shape index (κ1) is 11.0. The Labute approximate surface area is 89.3 Å². The van der Waals surface area contributed by atoms with E-state index in [1.807, 2.05) is 30.3 Å². The normalized spacial score (nSPS) is 11.7. The van der Waals surface area contributed by atoms with Crippen molar-refractivity contribution in [2.75, 3.05) is 5.32 Å². The summed E-state index contributed by atoms with van der Waals surface area (Å²) in [4.78, 5) is 10.7. The minimum absolute atomic E-state index is 0.403. The zero-order valence-corrected chi connectivity index (χ0v) is 8.60. The van der Waals surface area contributed by atoms with E-state index >= 15 is 0 Å². The summed E-state index contributed by atoms with van der Waals surface area (Å²) in [5, 5.41) is 3.06. The fourth-order valence-corrected chi connectivity index (χ4v) is 0.953. The van der Waals surface area contributed by atoms with Crippen LogP contribution in [-0.2, 0) is 4.79 Å². The highest BCUT2D eigenvalue weighted by Crippen LogP contribution is 2.04. The smallest absolute Gasteiger partial charge is 0.244 e. The molecule has 0 spiro atoms. The number of nitrogens with two attached hydrogens (primary N) is 1. The molecule has 0 aromatic heterocycles. The minimum atomic E-state index is -0.403. The van der Waals surface area contributed by atoms with Crippen molar-refractivity contribution in [3.63, 3.8) is 0 Å². The molecule has 0 heterocycles. The molecule has 78 valence electrons. The summed E-state index contributed by atoms with van der Waals surface area (Å²) in [5.41, 5.74) is 6.60. The van der Waals surface area contributed by atoms with Gasteiger partial charge in [0.1, 0.15) is 0 Å². The number of benzene rings is 1. The molecule has 0 aliphatic rings. The molecule has 0 bridgehead atoms. The quantitative estimate of drug-likeness (QED) is 0.580. The van der Waals surface area contributed by atoms with Crippen molar-refractivity contribution in [3.05, 3.63) is 54.3 Å². The predicted molar refractivity (Wildman–Crippen MR) is 62.2 cm³/mol. The molecular weight excluding hydrogens is 188 g/mol. The molecule has 1 rings (SSSR count).